The highest BCUT2D eigenvalue weighted by Gasteiger charge is 2.30. The summed E-state index contributed by atoms with van der Waals surface area (Å²) < 4.78 is 5.62. The van der Waals surface area contributed by atoms with E-state index in [2.05, 4.69) is 0 Å². The molecule has 2 heteroatoms. The van der Waals surface area contributed by atoms with Crippen LogP contribution in [0.4, 0.5) is 0 Å². The lowest BCUT2D eigenvalue weighted by Gasteiger charge is -2.32. The molecule has 2 unspecified atom stereocenters. The van der Waals surface area contributed by atoms with E-state index in [-0.39, 0.29) is 12.2 Å². The molecule has 2 nitrogen and oxygen atoms in total. The van der Waals surface area contributed by atoms with Crippen LogP contribution in [0.5, 0.6) is 0 Å². The summed E-state index contributed by atoms with van der Waals surface area (Å²) in [6.07, 6.45) is 14.1. The van der Waals surface area contributed by atoms with Crippen molar-refractivity contribution in [3.8, 4) is 0 Å². The van der Waals surface area contributed by atoms with Crippen LogP contribution in [0.1, 0.15) is 70.6 Å². The minimum absolute atomic E-state index is 0.0895. The van der Waals surface area contributed by atoms with Gasteiger partial charge in [-0.15, -0.1) is 0 Å². The molecule has 2 rings (SSSR count). The first-order chi connectivity index (χ1) is 8.81. The van der Waals surface area contributed by atoms with Crippen molar-refractivity contribution in [1.29, 1.82) is 0 Å². The van der Waals surface area contributed by atoms with E-state index < -0.39 is 0 Å². The second kappa shape index (κ2) is 7.49. The summed E-state index contributed by atoms with van der Waals surface area (Å²) in [5, 5.41) is 10.4. The normalized spacial score (nSPS) is 26.3. The van der Waals surface area contributed by atoms with E-state index in [0.29, 0.717) is 5.92 Å². The molecule has 18 heavy (non-hydrogen) atoms. The zero-order valence-corrected chi connectivity index (χ0v) is 11.9. The van der Waals surface area contributed by atoms with E-state index in [1.807, 2.05) is 0 Å². The molecular formula is C16H30O2. The summed E-state index contributed by atoms with van der Waals surface area (Å²) in [6, 6.07) is 0. The van der Waals surface area contributed by atoms with Gasteiger partial charge in [0, 0.05) is 7.11 Å². The Hall–Kier alpha value is -0.0800. The van der Waals surface area contributed by atoms with Gasteiger partial charge in [0.25, 0.3) is 0 Å². The summed E-state index contributed by atoms with van der Waals surface area (Å²) in [4.78, 5) is 0. The molecule has 1 N–H and O–H groups in total. The molecule has 0 aromatic carbocycles. The summed E-state index contributed by atoms with van der Waals surface area (Å²) >= 11 is 0. The van der Waals surface area contributed by atoms with E-state index in [0.717, 1.165) is 12.3 Å². The monoisotopic (exact) mass is 254 g/mol. The van der Waals surface area contributed by atoms with Crippen LogP contribution < -0.4 is 0 Å². The van der Waals surface area contributed by atoms with Crippen molar-refractivity contribution in [2.75, 3.05) is 7.11 Å². The number of hydrogen-bond donors (Lipinski definition) is 1. The third-order valence-electron chi connectivity index (χ3n) is 5.11. The zero-order chi connectivity index (χ0) is 12.8. The Balaban J connectivity index is 1.74. The summed E-state index contributed by atoms with van der Waals surface area (Å²) in [5.74, 6) is 1.48. The molecule has 0 heterocycles. The predicted octanol–water partition coefficient (Wildman–Crippen LogP) is 3.91. The maximum atomic E-state index is 10.4. The van der Waals surface area contributed by atoms with Crippen LogP contribution in [0, 0.1) is 11.8 Å². The molecule has 0 radical (unpaired) electrons. The number of ether oxygens (including phenoxy) is 1. The van der Waals surface area contributed by atoms with Crippen LogP contribution in [0.3, 0.4) is 0 Å². The van der Waals surface area contributed by atoms with Gasteiger partial charge in [-0.3, -0.25) is 0 Å². The summed E-state index contributed by atoms with van der Waals surface area (Å²) in [6.45, 7) is 0. The largest absolute Gasteiger partial charge is 0.390 e. The molecule has 0 aliphatic heterocycles. The van der Waals surface area contributed by atoms with Crippen LogP contribution in [0.15, 0.2) is 0 Å². The molecule has 0 spiro atoms. The molecule has 0 aromatic rings. The highest BCUT2D eigenvalue weighted by molar-refractivity contribution is 4.81. The highest BCUT2D eigenvalue weighted by atomic mass is 16.5. The van der Waals surface area contributed by atoms with Crippen molar-refractivity contribution < 1.29 is 9.84 Å². The van der Waals surface area contributed by atoms with Gasteiger partial charge >= 0.3 is 0 Å². The first kappa shape index (κ1) is 14.3. The Bertz CT molecular complexity index is 217. The fraction of sp³-hybridized carbons (Fsp3) is 1.00. The fourth-order valence-corrected chi connectivity index (χ4v) is 4.00. The van der Waals surface area contributed by atoms with Gasteiger partial charge in [-0.05, 0) is 37.5 Å². The van der Waals surface area contributed by atoms with E-state index in [1.54, 1.807) is 7.11 Å². The van der Waals surface area contributed by atoms with Crippen molar-refractivity contribution >= 4 is 0 Å². The maximum absolute atomic E-state index is 10.4. The number of hydrogen-bond acceptors (Lipinski definition) is 2. The summed E-state index contributed by atoms with van der Waals surface area (Å²) in [5.41, 5.74) is 0. The molecular weight excluding hydrogens is 224 g/mol. The number of methoxy groups -OCH3 is 1. The Morgan fingerprint density at radius 3 is 2.22 bits per heavy atom. The molecule has 2 aliphatic carbocycles. The minimum atomic E-state index is -0.237. The SMILES string of the molecule is COC(C(O)CCC1CCCC1)C1CCCCC1. The van der Waals surface area contributed by atoms with Gasteiger partial charge < -0.3 is 9.84 Å². The first-order valence-corrected chi connectivity index (χ1v) is 8.02. The van der Waals surface area contributed by atoms with Gasteiger partial charge in [0.15, 0.2) is 0 Å². The number of aliphatic hydroxyl groups is 1. The Morgan fingerprint density at radius 1 is 1.00 bits per heavy atom. The van der Waals surface area contributed by atoms with Gasteiger partial charge in [0.1, 0.15) is 0 Å². The van der Waals surface area contributed by atoms with Crippen LogP contribution in [0.2, 0.25) is 0 Å². The molecule has 0 bridgehead atoms. The fourth-order valence-electron chi connectivity index (χ4n) is 4.00. The van der Waals surface area contributed by atoms with Crippen molar-refractivity contribution in [3.05, 3.63) is 0 Å². The molecule has 2 saturated carbocycles. The average molecular weight is 254 g/mol. The second-order valence-corrected chi connectivity index (χ2v) is 6.39. The minimum Gasteiger partial charge on any atom is -0.390 e. The molecule has 0 saturated heterocycles. The van der Waals surface area contributed by atoms with Gasteiger partial charge in [-0.2, -0.15) is 0 Å². The quantitative estimate of drug-likeness (QED) is 0.778. The van der Waals surface area contributed by atoms with E-state index in [1.165, 1.54) is 64.2 Å². The molecule has 2 fully saturated rings. The van der Waals surface area contributed by atoms with Crippen molar-refractivity contribution in [3.63, 3.8) is 0 Å². The zero-order valence-electron chi connectivity index (χ0n) is 11.9. The predicted molar refractivity (Wildman–Crippen MR) is 74.6 cm³/mol. The van der Waals surface area contributed by atoms with Crippen LogP contribution in [-0.2, 0) is 4.74 Å². The van der Waals surface area contributed by atoms with Crippen molar-refractivity contribution in [1.82, 2.24) is 0 Å². The van der Waals surface area contributed by atoms with Gasteiger partial charge in [-0.1, -0.05) is 44.9 Å². The molecule has 0 amide bonds. The van der Waals surface area contributed by atoms with Crippen LogP contribution in [-0.4, -0.2) is 24.4 Å². The second-order valence-electron chi connectivity index (χ2n) is 6.39. The van der Waals surface area contributed by atoms with Gasteiger partial charge in [-0.25, -0.2) is 0 Å². The lowest BCUT2D eigenvalue weighted by molar-refractivity contribution is -0.0588. The number of aliphatic hydroxyl groups excluding tert-OH is 1. The lowest BCUT2D eigenvalue weighted by Crippen LogP contribution is -2.36. The smallest absolute Gasteiger partial charge is 0.0858 e. The van der Waals surface area contributed by atoms with E-state index >= 15 is 0 Å². The molecule has 106 valence electrons. The van der Waals surface area contributed by atoms with Crippen molar-refractivity contribution in [2.45, 2.75) is 82.8 Å². The molecule has 2 aliphatic rings. The highest BCUT2D eigenvalue weighted by Crippen LogP contribution is 2.33. The molecule has 0 aromatic heterocycles. The molecule has 2 atom stereocenters. The standard InChI is InChI=1S/C16H30O2/c1-18-16(14-9-3-2-4-10-14)15(17)12-11-13-7-5-6-8-13/h13-17H,2-12H2,1H3. The Morgan fingerprint density at radius 2 is 1.61 bits per heavy atom. The average Bonchev–Trinajstić information content (AvgIpc) is 2.92. The van der Waals surface area contributed by atoms with E-state index in [4.69, 9.17) is 4.74 Å². The Labute approximate surface area is 112 Å². The van der Waals surface area contributed by atoms with Crippen LogP contribution >= 0.6 is 0 Å². The number of rotatable bonds is 6. The third kappa shape index (κ3) is 3.96. The van der Waals surface area contributed by atoms with Crippen molar-refractivity contribution in [2.24, 2.45) is 11.8 Å². The van der Waals surface area contributed by atoms with Crippen LogP contribution in [0.25, 0.3) is 0 Å². The van der Waals surface area contributed by atoms with E-state index in [9.17, 15) is 5.11 Å². The topological polar surface area (TPSA) is 29.5 Å². The first-order valence-electron chi connectivity index (χ1n) is 8.02. The lowest BCUT2D eigenvalue weighted by atomic mass is 9.82. The van der Waals surface area contributed by atoms with Gasteiger partial charge in [0.05, 0.1) is 12.2 Å². The Kier molecular flexibility index (Phi) is 5.97. The third-order valence-corrected chi connectivity index (χ3v) is 5.11. The maximum Gasteiger partial charge on any atom is 0.0858 e. The van der Waals surface area contributed by atoms with Gasteiger partial charge in [0.2, 0.25) is 0 Å². The summed E-state index contributed by atoms with van der Waals surface area (Å²) in [7, 11) is 1.78.